The Bertz CT molecular complexity index is 2410. The fourth-order valence-electron chi connectivity index (χ4n) is 6.67. The highest BCUT2D eigenvalue weighted by Crippen LogP contribution is 2.44. The molecule has 0 aliphatic rings. The summed E-state index contributed by atoms with van der Waals surface area (Å²) in [5.74, 6) is 0. The van der Waals surface area contributed by atoms with Gasteiger partial charge < -0.3 is 8.98 Å². The molecule has 0 unspecified atom stereocenters. The largest absolute Gasteiger partial charge is 0.456 e. The number of fused-ring (bicyclic) bond motifs is 9. The van der Waals surface area contributed by atoms with Crippen LogP contribution in [0, 0.1) is 0 Å². The predicted molar refractivity (Wildman–Crippen MR) is 175 cm³/mol. The van der Waals surface area contributed by atoms with E-state index in [4.69, 9.17) is 4.42 Å². The van der Waals surface area contributed by atoms with Crippen molar-refractivity contribution in [2.45, 2.75) is 0 Å². The second-order valence-corrected chi connectivity index (χ2v) is 11.6. The van der Waals surface area contributed by atoms with Crippen LogP contribution in [0.5, 0.6) is 0 Å². The lowest BCUT2D eigenvalue weighted by Crippen LogP contribution is -2.13. The molecule has 0 N–H and O–H groups in total. The number of nitrogens with zero attached hydrogens (tertiary/aromatic N) is 1. The smallest absolute Gasteiger partial charge is 0.143 e. The van der Waals surface area contributed by atoms with Crippen LogP contribution >= 0.6 is 11.3 Å². The molecule has 0 saturated carbocycles. The molecule has 0 fully saturated rings. The molecule has 6 aromatic carbocycles. The Balaban J connectivity index is 1.39. The average Bonchev–Trinajstić information content (AvgIpc) is 3.67. The number of thiophene rings is 1. The lowest BCUT2D eigenvalue weighted by Gasteiger charge is -2.13. The molecule has 0 aliphatic heterocycles. The molecule has 3 heterocycles. The van der Waals surface area contributed by atoms with Gasteiger partial charge >= 0.3 is 0 Å². The average molecular weight is 527 g/mol. The highest BCUT2D eigenvalue weighted by Gasteiger charge is 2.20. The molecule has 0 saturated heterocycles. The van der Waals surface area contributed by atoms with Crippen molar-refractivity contribution in [2.24, 2.45) is 0 Å². The molecule has 0 aliphatic carbocycles. The summed E-state index contributed by atoms with van der Waals surface area (Å²) in [5, 5.41) is 7.54. The number of para-hydroxylation sites is 2. The second-order valence-electron chi connectivity index (χ2n) is 10.5. The normalized spacial score (nSPS) is 12.1. The van der Waals surface area contributed by atoms with Gasteiger partial charge in [0.2, 0.25) is 0 Å². The van der Waals surface area contributed by atoms with Crippen LogP contribution in [0.1, 0.15) is 0 Å². The van der Waals surface area contributed by atoms with Gasteiger partial charge in [-0.15, -0.1) is 11.3 Å². The van der Waals surface area contributed by atoms with Gasteiger partial charge in [-0.05, 0) is 42.0 Å². The maximum absolute atomic E-state index is 6.51. The van der Waals surface area contributed by atoms with Gasteiger partial charge in [0.25, 0.3) is 0 Å². The molecule has 0 radical (unpaired) electrons. The van der Waals surface area contributed by atoms with E-state index in [1.807, 2.05) is 11.3 Å². The highest BCUT2D eigenvalue weighted by molar-refractivity contribution is 7.26. The van der Waals surface area contributed by atoms with Crippen molar-refractivity contribution in [3.63, 3.8) is 0 Å². The van der Waals surface area contributed by atoms with Gasteiger partial charge in [0.15, 0.2) is 0 Å². The van der Waals surface area contributed by atoms with Gasteiger partial charge in [0.05, 0.1) is 11.0 Å². The van der Waals surface area contributed by atoms with Gasteiger partial charge in [0, 0.05) is 53.0 Å². The van der Waals surface area contributed by atoms with Gasteiger partial charge in [-0.25, -0.2) is 0 Å². The maximum Gasteiger partial charge on any atom is 0.143 e. The van der Waals surface area contributed by atoms with Crippen molar-refractivity contribution < 1.29 is 4.42 Å². The fraction of sp³-hybridized carbons (Fsp3) is 0. The molecule has 2 nitrogen and oxygen atoms in total. The lowest BCUT2D eigenvalue weighted by atomic mass is 9.87. The Kier molecular flexibility index (Phi) is 4.47. The summed E-state index contributed by atoms with van der Waals surface area (Å²) in [5.41, 5.74) is 9.16. The van der Waals surface area contributed by atoms with Crippen molar-refractivity contribution in [1.29, 1.82) is 0 Å². The number of furan rings is 1. The summed E-state index contributed by atoms with van der Waals surface area (Å²) >= 11 is 1.87. The second kappa shape index (κ2) is 8.11. The van der Waals surface area contributed by atoms with E-state index in [-0.39, 0.29) is 0 Å². The Morgan fingerprint density at radius 1 is 0.525 bits per heavy atom. The Morgan fingerprint density at radius 2 is 1.15 bits per heavy atom. The van der Waals surface area contributed by atoms with Gasteiger partial charge in [0.1, 0.15) is 19.0 Å². The minimum atomic E-state index is 0.924. The van der Waals surface area contributed by atoms with Crippen molar-refractivity contribution >= 4 is 88.6 Å². The summed E-state index contributed by atoms with van der Waals surface area (Å²) in [4.78, 5) is 0. The van der Waals surface area contributed by atoms with Crippen LogP contribution in [0.4, 0.5) is 0 Å². The first kappa shape index (κ1) is 22.1. The van der Waals surface area contributed by atoms with Crippen LogP contribution in [0.25, 0.3) is 80.7 Å². The molecule has 40 heavy (non-hydrogen) atoms. The molecule has 0 bridgehead atoms. The topological polar surface area (TPSA) is 18.1 Å². The van der Waals surface area contributed by atoms with Crippen LogP contribution in [0.2, 0.25) is 0 Å². The van der Waals surface area contributed by atoms with E-state index in [0.29, 0.717) is 0 Å². The van der Waals surface area contributed by atoms with E-state index >= 15 is 0 Å². The third kappa shape index (κ3) is 2.89. The first-order chi connectivity index (χ1) is 19.8. The lowest BCUT2D eigenvalue weighted by molar-refractivity contribution is 0.669. The minimum absolute atomic E-state index is 0.924. The molecular weight excluding hydrogens is 505 g/mol. The molecular formula is C36H22BNOS. The first-order valence-corrected chi connectivity index (χ1v) is 14.4. The number of rotatable bonds is 2. The minimum Gasteiger partial charge on any atom is -0.456 e. The summed E-state index contributed by atoms with van der Waals surface area (Å²) in [6, 6.07) is 43.6. The zero-order valence-electron chi connectivity index (χ0n) is 21.8. The summed E-state index contributed by atoms with van der Waals surface area (Å²) in [7, 11) is 2.24. The van der Waals surface area contributed by atoms with Crippen LogP contribution in [-0.4, -0.2) is 12.4 Å². The van der Waals surface area contributed by atoms with Crippen molar-refractivity contribution in [3.05, 3.63) is 121 Å². The molecule has 0 atom stereocenters. The van der Waals surface area contributed by atoms with Crippen LogP contribution < -0.4 is 5.46 Å². The molecule has 0 spiro atoms. The maximum atomic E-state index is 6.51. The zero-order valence-corrected chi connectivity index (χ0v) is 22.6. The molecule has 0 amide bonds. The van der Waals surface area contributed by atoms with Crippen LogP contribution in [0.3, 0.4) is 0 Å². The summed E-state index contributed by atoms with van der Waals surface area (Å²) in [6.07, 6.45) is 0. The van der Waals surface area contributed by atoms with E-state index in [0.717, 1.165) is 11.2 Å². The van der Waals surface area contributed by atoms with E-state index in [2.05, 4.69) is 134 Å². The Hall–Kier alpha value is -4.80. The molecule has 9 aromatic rings. The third-order valence-corrected chi connectivity index (χ3v) is 9.63. The number of benzene rings is 6. The predicted octanol–water partition coefficient (Wildman–Crippen LogP) is 8.98. The third-order valence-electron chi connectivity index (χ3n) is 8.41. The first-order valence-electron chi connectivity index (χ1n) is 13.6. The Morgan fingerprint density at radius 3 is 1.95 bits per heavy atom. The zero-order chi connectivity index (χ0) is 26.4. The van der Waals surface area contributed by atoms with E-state index in [1.54, 1.807) is 0 Å². The molecule has 186 valence electrons. The fourth-order valence-corrected chi connectivity index (χ4v) is 7.90. The van der Waals surface area contributed by atoms with E-state index in [9.17, 15) is 0 Å². The SMILES string of the molecule is Bc1c(-n2c3ccccc3c3ccccc32)ccc2oc3cccc(-c4cccc5c4sc4ccccc45)c3c12. The highest BCUT2D eigenvalue weighted by atomic mass is 32.1. The van der Waals surface area contributed by atoms with Crippen LogP contribution in [0.15, 0.2) is 126 Å². The summed E-state index contributed by atoms with van der Waals surface area (Å²) < 4.78 is 11.6. The van der Waals surface area contributed by atoms with Gasteiger partial charge in [-0.3, -0.25) is 0 Å². The molecule has 4 heteroatoms. The van der Waals surface area contributed by atoms with Gasteiger partial charge in [-0.1, -0.05) is 90.4 Å². The summed E-state index contributed by atoms with van der Waals surface area (Å²) in [6.45, 7) is 0. The number of hydrogen-bond donors (Lipinski definition) is 0. The Labute approximate surface area is 235 Å². The van der Waals surface area contributed by atoms with Crippen molar-refractivity contribution in [1.82, 2.24) is 4.57 Å². The van der Waals surface area contributed by atoms with Crippen molar-refractivity contribution in [3.8, 4) is 16.8 Å². The van der Waals surface area contributed by atoms with E-state index in [1.165, 1.54) is 75.0 Å². The van der Waals surface area contributed by atoms with Crippen LogP contribution in [-0.2, 0) is 0 Å². The number of aromatic nitrogens is 1. The van der Waals surface area contributed by atoms with Gasteiger partial charge in [-0.2, -0.15) is 0 Å². The van der Waals surface area contributed by atoms with E-state index < -0.39 is 0 Å². The number of hydrogen-bond acceptors (Lipinski definition) is 2. The monoisotopic (exact) mass is 527 g/mol. The quantitative estimate of drug-likeness (QED) is 0.205. The standard InChI is InChI=1S/C36H22BNOS/c37-35-29(38-27-15-4-1-9-21(27)22-10-2-5-16-28(22)38)19-20-31-34(35)33-24(12-8-17-30(33)39-31)26-14-7-13-25-23-11-3-6-18-32(23)40-36(25)26/h1-20H,37H2. The molecule has 9 rings (SSSR count). The van der Waals surface area contributed by atoms with Crippen molar-refractivity contribution in [2.75, 3.05) is 0 Å². The molecule has 3 aromatic heterocycles.